The molecule has 0 fully saturated rings. The number of hydrogen-bond acceptors (Lipinski definition) is 16. The predicted molar refractivity (Wildman–Crippen MR) is 440 cm³/mol. The lowest BCUT2D eigenvalue weighted by Gasteiger charge is -2.33. The van der Waals surface area contributed by atoms with E-state index in [9.17, 15) is 24.0 Å². The zero-order valence-corrected chi connectivity index (χ0v) is 67.6. The van der Waals surface area contributed by atoms with Gasteiger partial charge in [-0.05, 0) is 202 Å². The molecular weight excluding hydrogens is 1490 g/mol. The third-order valence-electron chi connectivity index (χ3n) is 17.7. The molecule has 5 aromatic carbocycles. The zero-order valence-electron chi connectivity index (χ0n) is 66.1. The number of alkyl carbamates (subject to hydrolysis) is 1. The van der Waals surface area contributed by atoms with Gasteiger partial charge in [-0.2, -0.15) is 15.0 Å². The van der Waals surface area contributed by atoms with E-state index in [2.05, 4.69) is 52.5 Å². The van der Waals surface area contributed by atoms with Crippen molar-refractivity contribution in [2.75, 3.05) is 34.0 Å². The summed E-state index contributed by atoms with van der Waals surface area (Å²) in [6.45, 7) is 21.0. The van der Waals surface area contributed by atoms with Crippen molar-refractivity contribution in [1.82, 2.24) is 54.2 Å². The number of rotatable bonds is 30. The Morgan fingerprint density at radius 3 is 1.72 bits per heavy atom. The molecule has 113 heavy (non-hydrogen) atoms. The van der Waals surface area contributed by atoms with Crippen LogP contribution in [0.15, 0.2) is 166 Å². The number of imidazole rings is 1. The van der Waals surface area contributed by atoms with Gasteiger partial charge in [-0.15, -0.1) is 0 Å². The molecule has 3 amide bonds. The Morgan fingerprint density at radius 1 is 0.681 bits per heavy atom. The van der Waals surface area contributed by atoms with Crippen LogP contribution in [0, 0.1) is 11.6 Å². The van der Waals surface area contributed by atoms with E-state index in [1.165, 1.54) is 9.13 Å². The third-order valence-corrected chi connectivity index (χ3v) is 18.2. The average Bonchev–Trinajstić information content (AvgIpc) is 1.64. The van der Waals surface area contributed by atoms with Gasteiger partial charge in [0.15, 0.2) is 17.6 Å². The van der Waals surface area contributed by atoms with Gasteiger partial charge in [-0.25, -0.2) is 37.7 Å². The molecule has 0 radical (unpaired) electrons. The van der Waals surface area contributed by atoms with Gasteiger partial charge in [-0.3, -0.25) is 23.6 Å². The molecule has 26 nitrogen and oxygen atoms in total. The normalized spacial score (nSPS) is 12.7. The van der Waals surface area contributed by atoms with Crippen molar-refractivity contribution in [2.45, 2.75) is 182 Å². The van der Waals surface area contributed by atoms with Crippen LogP contribution in [0.3, 0.4) is 0 Å². The van der Waals surface area contributed by atoms with E-state index in [4.69, 9.17) is 64.1 Å². The van der Waals surface area contributed by atoms with E-state index in [1.54, 1.807) is 131 Å². The summed E-state index contributed by atoms with van der Waals surface area (Å²) in [4.78, 5) is 91.0. The lowest BCUT2D eigenvalue weighted by atomic mass is 10.0. The smallest absolute Gasteiger partial charge is 0.435 e. The summed E-state index contributed by atoms with van der Waals surface area (Å²) < 4.78 is 61.9. The van der Waals surface area contributed by atoms with Gasteiger partial charge in [0.1, 0.15) is 41.3 Å². The Morgan fingerprint density at radius 2 is 1.22 bits per heavy atom. The molecule has 0 spiro atoms. The molecular formula is C83H104Cl2F2N16O10. The van der Waals surface area contributed by atoms with Crippen LogP contribution >= 0.6 is 23.2 Å². The highest BCUT2D eigenvalue weighted by Crippen LogP contribution is 2.34. The van der Waals surface area contributed by atoms with Gasteiger partial charge >= 0.3 is 29.7 Å². The highest BCUT2D eigenvalue weighted by molar-refractivity contribution is 6.31. The second-order valence-electron chi connectivity index (χ2n) is 29.6. The lowest BCUT2D eigenvalue weighted by molar-refractivity contribution is 0.00193. The molecule has 0 saturated carbocycles. The number of aliphatic imine (C=N–C) groups is 2. The van der Waals surface area contributed by atoms with Crippen LogP contribution in [-0.4, -0.2) is 143 Å². The van der Waals surface area contributed by atoms with Crippen LogP contribution in [0.1, 0.15) is 142 Å². The number of aryl methyl sites for hydroxylation is 2. The van der Waals surface area contributed by atoms with Crippen LogP contribution in [0.4, 0.5) is 23.2 Å². The number of amides is 3. The Labute approximate surface area is 666 Å². The summed E-state index contributed by atoms with van der Waals surface area (Å²) in [6.07, 6.45) is 13.5. The monoisotopic (exact) mass is 1590 g/mol. The molecule has 10 N–H and O–H groups in total. The average molecular weight is 1590 g/mol. The van der Waals surface area contributed by atoms with Gasteiger partial charge in [0.05, 0.1) is 52.1 Å². The van der Waals surface area contributed by atoms with Crippen LogP contribution in [-0.2, 0) is 56.2 Å². The maximum Gasteiger partial charge on any atom is 0.435 e. The molecule has 0 bridgehead atoms. The summed E-state index contributed by atoms with van der Waals surface area (Å²) in [7, 11) is 3.26. The highest BCUT2D eigenvalue weighted by atomic mass is 35.5. The number of aromatic amines is 2. The number of nitrogens with one attached hydrogen (secondary N) is 4. The molecule has 0 aliphatic rings. The van der Waals surface area contributed by atoms with Gasteiger partial charge in [0.2, 0.25) is 0 Å². The van der Waals surface area contributed by atoms with Gasteiger partial charge < -0.3 is 61.5 Å². The first-order valence-corrected chi connectivity index (χ1v) is 38.2. The first-order valence-electron chi connectivity index (χ1n) is 37.4. The molecule has 5 heterocycles. The molecule has 0 aliphatic heterocycles. The number of H-pyrrole nitrogens is 2. The molecule has 10 aromatic rings. The summed E-state index contributed by atoms with van der Waals surface area (Å²) in [5.74, 6) is -0.518. The minimum Gasteiger partial charge on any atom is -0.445 e. The fraction of sp³-hybridized carbons (Fsp3) is 0.398. The van der Waals surface area contributed by atoms with Crippen molar-refractivity contribution in [3.8, 4) is 33.9 Å². The van der Waals surface area contributed by atoms with E-state index in [1.807, 2.05) is 101 Å². The summed E-state index contributed by atoms with van der Waals surface area (Å²) in [6, 6.07) is 34.5. The van der Waals surface area contributed by atoms with E-state index in [0.29, 0.717) is 108 Å². The minimum absolute atomic E-state index is 0.0204. The van der Waals surface area contributed by atoms with Crippen molar-refractivity contribution < 1.29 is 46.8 Å². The van der Waals surface area contributed by atoms with E-state index < -0.39 is 52.5 Å². The Bertz CT molecular complexity index is 4950. The van der Waals surface area contributed by atoms with Crippen molar-refractivity contribution >= 4 is 75.3 Å². The Kier molecular flexibility index (Phi) is 32.5. The van der Waals surface area contributed by atoms with Crippen molar-refractivity contribution in [2.24, 2.45) is 27.2 Å². The van der Waals surface area contributed by atoms with Gasteiger partial charge in [-0.1, -0.05) is 91.1 Å². The SMILES string of the molecule is CC(=NC(=O)OC(C)(C)C)n1ccnc1.CCC[C@H](COC)N(Cc1ccc(-n2cc3cc(-c4cc(CCC[C@H](C)NC(=O)OCc5ccccc5)cc(Cl)c4F)[nH]c3nc2=O)cc1)C(=O)OC(C)(C)C.COC[C@@H](CCN=C(N)N)NCc1ccc(-n2cc3cc(-c4cc(CCC[C@H](C)N)cc(Cl)c4F)[nH]c3nc2=O)cc1. The molecule has 0 saturated heterocycles. The predicted octanol–water partition coefficient (Wildman–Crippen LogP) is 15.1. The molecule has 604 valence electrons. The number of carbonyl (C=O) groups excluding carboxylic acids is 3. The van der Waals surface area contributed by atoms with Crippen LogP contribution < -0.4 is 39.2 Å². The number of carbonyl (C=O) groups is 3. The number of hydrogen-bond donors (Lipinski definition) is 7. The van der Waals surface area contributed by atoms with E-state index >= 15 is 8.78 Å². The second kappa shape index (κ2) is 41.8. The fourth-order valence-corrected chi connectivity index (χ4v) is 12.6. The zero-order chi connectivity index (χ0) is 82.1. The fourth-order valence-electron chi connectivity index (χ4n) is 12.1. The molecule has 5 aromatic heterocycles. The summed E-state index contributed by atoms with van der Waals surface area (Å²) in [5, 5.41) is 7.59. The minimum atomic E-state index is -0.658. The number of ether oxygens (including phenoxy) is 5. The number of nitrogens with two attached hydrogens (primary N) is 3. The third kappa shape index (κ3) is 27.3. The topological polar surface area (TPSA) is 347 Å². The number of aromatic nitrogens is 8. The first-order chi connectivity index (χ1) is 53.8. The second-order valence-corrected chi connectivity index (χ2v) is 30.4. The molecule has 0 unspecified atom stereocenters. The van der Waals surface area contributed by atoms with Crippen LogP contribution in [0.25, 0.3) is 56.0 Å². The summed E-state index contributed by atoms with van der Waals surface area (Å²) in [5.41, 5.74) is 22.5. The number of guanidine groups is 1. The summed E-state index contributed by atoms with van der Waals surface area (Å²) >= 11 is 12.6. The molecule has 10 rings (SSSR count). The Hall–Kier alpha value is -10.6. The van der Waals surface area contributed by atoms with E-state index in [0.717, 1.165) is 66.3 Å². The molecule has 30 heteroatoms. The number of methoxy groups -OCH3 is 2. The standard InChI is InChI=1S/C43H51ClFN5O6.C30H38ClFN8O2.C10H15N3O2/c1-7-12-34(27-54-6)50(42(53)56-43(3,4)5)24-29-17-19-33(20-18-29)49-25-32-23-37(47-39(32)48-40(49)51)35-21-31(22-36(44)38(35)45)16-11-13-28(2)46-41(52)55-26-30-14-9-8-10-15-30;1-18(33)4-3-5-20-12-24(27(32)25(31)13-20)26-14-21-16-40(30(41)39-28(21)38-26)23-8-6-19(7-9-23)15-37-22(17-42-2)10-11-36-29(34)35;1-8(13-6-5-11-7-13)12-9(14)15-10(2,3)4/h8-10,14-15,17-23,25,28,34H,7,11-13,16,24,26-27H2,1-6H3,(H,46,52)(H,47,48,51);6-9,12-14,16,18,22,37H,3-5,10-11,15,17,33H2,1-2H3,(H4,34,35,36)(H,38,39,41);5-7H,1-4H3/t28-,34+;18-,22+;/m00./s1. The molecule has 4 atom stereocenters. The van der Waals surface area contributed by atoms with Crippen LogP contribution in [0.2, 0.25) is 10.0 Å². The maximum absolute atomic E-state index is 15.5. The highest BCUT2D eigenvalue weighted by Gasteiger charge is 2.29. The van der Waals surface area contributed by atoms with Gasteiger partial charge in [0.25, 0.3) is 0 Å². The number of halogens is 4. The number of benzene rings is 5. The number of fused-ring (bicyclic) bond motifs is 2. The first kappa shape index (κ1) is 88.0. The van der Waals surface area contributed by atoms with Crippen molar-refractivity contribution in [3.05, 3.63) is 217 Å². The van der Waals surface area contributed by atoms with Crippen LogP contribution in [0.5, 0.6) is 0 Å². The lowest BCUT2D eigenvalue weighted by Crippen LogP contribution is -2.45. The van der Waals surface area contributed by atoms with Crippen molar-refractivity contribution in [3.63, 3.8) is 0 Å². The molecule has 0 aliphatic carbocycles. The Balaban J connectivity index is 0.000000245. The number of nitrogens with zero attached hydrogens (tertiary/aromatic N) is 9. The quantitative estimate of drug-likeness (QED) is 0.0125. The maximum atomic E-state index is 15.5. The van der Waals surface area contributed by atoms with Crippen molar-refractivity contribution in [1.29, 1.82) is 0 Å². The van der Waals surface area contributed by atoms with E-state index in [-0.39, 0.29) is 52.3 Å². The van der Waals surface area contributed by atoms with Gasteiger partial charge in [0, 0.05) is 98.7 Å². The largest absolute Gasteiger partial charge is 0.445 e.